The molecule has 0 unspecified atom stereocenters. The number of amides is 1. The fourth-order valence-corrected chi connectivity index (χ4v) is 2.50. The van der Waals surface area contributed by atoms with Crippen molar-refractivity contribution < 1.29 is 9.53 Å². The van der Waals surface area contributed by atoms with Gasteiger partial charge in [-0.2, -0.15) is 0 Å². The Morgan fingerprint density at radius 1 is 1.24 bits per heavy atom. The fraction of sp³-hybridized carbons (Fsp3) is 0.158. The summed E-state index contributed by atoms with van der Waals surface area (Å²) in [7, 11) is 1.57. The number of nitrogens with two attached hydrogens (primary N) is 1. The Morgan fingerprint density at radius 2 is 2.00 bits per heavy atom. The topological polar surface area (TPSA) is 82.2 Å². The molecule has 0 saturated heterocycles. The molecule has 0 spiro atoms. The van der Waals surface area contributed by atoms with Gasteiger partial charge in [0.05, 0.1) is 19.1 Å². The van der Waals surface area contributed by atoms with Crippen molar-refractivity contribution in [3.05, 3.63) is 71.8 Å². The third kappa shape index (κ3) is 3.98. The molecule has 0 fully saturated rings. The molecule has 3 aromatic rings. The van der Waals surface area contributed by atoms with E-state index >= 15 is 0 Å². The molecule has 1 amide bonds. The first-order valence-corrected chi connectivity index (χ1v) is 7.87. The zero-order valence-electron chi connectivity index (χ0n) is 14.2. The van der Waals surface area contributed by atoms with Crippen LogP contribution >= 0.6 is 0 Å². The number of carbonyl (C=O) groups excluding carboxylic acids is 1. The van der Waals surface area contributed by atoms with Crippen LogP contribution in [0.25, 0.3) is 0 Å². The second-order valence-electron chi connectivity index (χ2n) is 5.83. The minimum absolute atomic E-state index is 0.278. The molecule has 3 rings (SSSR count). The van der Waals surface area contributed by atoms with Crippen molar-refractivity contribution >= 4 is 17.3 Å². The lowest BCUT2D eigenvalue weighted by atomic mass is 10.2. The van der Waals surface area contributed by atoms with Gasteiger partial charge in [0.15, 0.2) is 0 Å². The Hall–Kier alpha value is -3.28. The summed E-state index contributed by atoms with van der Waals surface area (Å²) in [5.74, 6) is 0.334. The van der Waals surface area contributed by atoms with Gasteiger partial charge in [-0.15, -0.1) is 0 Å². The lowest BCUT2D eigenvalue weighted by Gasteiger charge is -2.10. The van der Waals surface area contributed by atoms with E-state index in [9.17, 15) is 4.79 Å². The largest absolute Gasteiger partial charge is 0.495 e. The van der Waals surface area contributed by atoms with E-state index in [0.29, 0.717) is 23.7 Å². The summed E-state index contributed by atoms with van der Waals surface area (Å²) in [5, 5.41) is 2.85. The molecule has 3 N–H and O–H groups in total. The van der Waals surface area contributed by atoms with Crippen molar-refractivity contribution in [2.75, 3.05) is 18.2 Å². The lowest BCUT2D eigenvalue weighted by Crippen LogP contribution is -2.13. The summed E-state index contributed by atoms with van der Waals surface area (Å²) in [4.78, 5) is 16.6. The van der Waals surface area contributed by atoms with Gasteiger partial charge in [0.2, 0.25) is 0 Å². The molecule has 0 aliphatic heterocycles. The molecule has 0 radical (unpaired) electrons. The van der Waals surface area contributed by atoms with E-state index in [1.54, 1.807) is 19.6 Å². The first-order valence-electron chi connectivity index (χ1n) is 7.87. The predicted octanol–water partition coefficient (Wildman–Crippen LogP) is 3.08. The van der Waals surface area contributed by atoms with Gasteiger partial charge >= 0.3 is 0 Å². The van der Waals surface area contributed by atoms with Crippen LogP contribution in [0.4, 0.5) is 11.4 Å². The van der Waals surface area contributed by atoms with Gasteiger partial charge in [-0.3, -0.25) is 4.79 Å². The minimum Gasteiger partial charge on any atom is -0.495 e. The van der Waals surface area contributed by atoms with Crippen LogP contribution in [0.15, 0.2) is 55.0 Å². The van der Waals surface area contributed by atoms with E-state index in [0.717, 1.165) is 16.8 Å². The molecular formula is C19H20N4O2. The normalized spacial score (nSPS) is 10.5. The lowest BCUT2D eigenvalue weighted by molar-refractivity contribution is 0.102. The number of anilines is 2. The van der Waals surface area contributed by atoms with E-state index in [4.69, 9.17) is 10.5 Å². The summed E-state index contributed by atoms with van der Waals surface area (Å²) in [6.07, 6.45) is 3.35. The molecule has 1 aromatic heterocycles. The van der Waals surface area contributed by atoms with Crippen LogP contribution in [-0.2, 0) is 6.54 Å². The van der Waals surface area contributed by atoms with Gasteiger partial charge in [-0.1, -0.05) is 18.2 Å². The Bertz CT molecular complexity index is 885. The molecule has 128 valence electrons. The maximum absolute atomic E-state index is 12.4. The van der Waals surface area contributed by atoms with Gasteiger partial charge in [0.25, 0.3) is 5.91 Å². The molecule has 6 nitrogen and oxygen atoms in total. The zero-order valence-corrected chi connectivity index (χ0v) is 14.2. The van der Waals surface area contributed by atoms with Crippen LogP contribution in [-0.4, -0.2) is 22.6 Å². The fourth-order valence-electron chi connectivity index (χ4n) is 2.50. The SMILES string of the molecule is COc1ccc(C)cc1NC(=O)c1cn(Cc2ccc(N)cc2)cn1. The number of ether oxygens (including phenoxy) is 1. The number of imidazole rings is 1. The number of benzene rings is 2. The number of nitrogens with zero attached hydrogens (tertiary/aromatic N) is 2. The van der Waals surface area contributed by atoms with Crippen molar-refractivity contribution in [3.8, 4) is 5.75 Å². The Labute approximate surface area is 146 Å². The van der Waals surface area contributed by atoms with E-state index < -0.39 is 0 Å². The summed E-state index contributed by atoms with van der Waals surface area (Å²) >= 11 is 0. The van der Waals surface area contributed by atoms with Crippen LogP contribution < -0.4 is 15.8 Å². The zero-order chi connectivity index (χ0) is 17.8. The minimum atomic E-state index is -0.278. The average Bonchev–Trinajstić information content (AvgIpc) is 3.06. The highest BCUT2D eigenvalue weighted by Gasteiger charge is 2.13. The Kier molecular flexibility index (Phi) is 4.70. The quantitative estimate of drug-likeness (QED) is 0.702. The Balaban J connectivity index is 1.72. The summed E-state index contributed by atoms with van der Waals surface area (Å²) in [6.45, 7) is 2.57. The molecule has 0 atom stereocenters. The van der Waals surface area contributed by atoms with Crippen LogP contribution in [0, 0.1) is 6.92 Å². The van der Waals surface area contributed by atoms with Gasteiger partial charge in [0, 0.05) is 18.4 Å². The number of hydrogen-bond donors (Lipinski definition) is 2. The molecular weight excluding hydrogens is 316 g/mol. The summed E-state index contributed by atoms with van der Waals surface area (Å²) in [5.41, 5.74) is 9.50. The molecule has 0 aliphatic rings. The maximum Gasteiger partial charge on any atom is 0.275 e. The smallest absolute Gasteiger partial charge is 0.275 e. The van der Waals surface area contributed by atoms with Crippen molar-refractivity contribution in [1.29, 1.82) is 0 Å². The first kappa shape index (κ1) is 16.6. The Morgan fingerprint density at radius 3 is 2.72 bits per heavy atom. The molecule has 0 bridgehead atoms. The van der Waals surface area contributed by atoms with E-state index in [-0.39, 0.29) is 5.91 Å². The molecule has 25 heavy (non-hydrogen) atoms. The van der Waals surface area contributed by atoms with E-state index in [1.165, 1.54) is 0 Å². The second-order valence-corrected chi connectivity index (χ2v) is 5.83. The monoisotopic (exact) mass is 336 g/mol. The van der Waals surface area contributed by atoms with Crippen molar-refractivity contribution in [2.24, 2.45) is 0 Å². The summed E-state index contributed by atoms with van der Waals surface area (Å²) < 4.78 is 7.14. The number of aromatic nitrogens is 2. The van der Waals surface area contributed by atoms with Crippen LogP contribution in [0.2, 0.25) is 0 Å². The van der Waals surface area contributed by atoms with Gasteiger partial charge < -0.3 is 20.4 Å². The number of nitrogen functional groups attached to an aromatic ring is 1. The molecule has 0 saturated carbocycles. The number of methoxy groups -OCH3 is 1. The number of nitrogens with one attached hydrogen (secondary N) is 1. The third-order valence-corrected chi connectivity index (χ3v) is 3.81. The van der Waals surface area contributed by atoms with E-state index in [1.807, 2.05) is 54.0 Å². The standard InChI is InChI=1S/C19H20N4O2/c1-13-3-8-18(25-2)16(9-13)22-19(24)17-11-23(12-21-17)10-14-4-6-15(20)7-5-14/h3-9,11-12H,10,20H2,1-2H3,(H,22,24). The van der Waals surface area contributed by atoms with Gasteiger partial charge in [-0.25, -0.2) is 4.98 Å². The number of aryl methyl sites for hydroxylation is 1. The molecule has 0 aliphatic carbocycles. The predicted molar refractivity (Wildman–Crippen MR) is 97.9 cm³/mol. The number of rotatable bonds is 5. The maximum atomic E-state index is 12.4. The van der Waals surface area contributed by atoms with Crippen molar-refractivity contribution in [3.63, 3.8) is 0 Å². The van der Waals surface area contributed by atoms with Crippen molar-refractivity contribution in [2.45, 2.75) is 13.5 Å². The van der Waals surface area contributed by atoms with E-state index in [2.05, 4.69) is 10.3 Å². The first-order chi connectivity index (χ1) is 12.0. The average molecular weight is 336 g/mol. The van der Waals surface area contributed by atoms with Crippen LogP contribution in [0.5, 0.6) is 5.75 Å². The molecule has 6 heteroatoms. The summed E-state index contributed by atoms with van der Waals surface area (Å²) in [6, 6.07) is 13.2. The number of carbonyl (C=O) groups is 1. The van der Waals surface area contributed by atoms with Crippen LogP contribution in [0.1, 0.15) is 21.6 Å². The molecule has 2 aromatic carbocycles. The second kappa shape index (κ2) is 7.09. The molecule has 1 heterocycles. The number of hydrogen-bond acceptors (Lipinski definition) is 4. The van der Waals surface area contributed by atoms with Crippen LogP contribution in [0.3, 0.4) is 0 Å². The third-order valence-electron chi connectivity index (χ3n) is 3.81. The van der Waals surface area contributed by atoms with Crippen molar-refractivity contribution in [1.82, 2.24) is 9.55 Å². The highest BCUT2D eigenvalue weighted by atomic mass is 16.5. The highest BCUT2D eigenvalue weighted by Crippen LogP contribution is 2.25. The highest BCUT2D eigenvalue weighted by molar-refractivity contribution is 6.03. The van der Waals surface area contributed by atoms with Gasteiger partial charge in [-0.05, 0) is 42.3 Å². The van der Waals surface area contributed by atoms with Gasteiger partial charge in [0.1, 0.15) is 11.4 Å².